The first-order valence-electron chi connectivity index (χ1n) is 12.0. The molecule has 3 aliphatic carbocycles. The number of phenols is 2. The third kappa shape index (κ3) is 3.25. The molecule has 0 aromatic heterocycles. The third-order valence-electron chi connectivity index (χ3n) is 10.0. The third-order valence-corrected chi connectivity index (χ3v) is 10.0. The molecule has 32 heavy (non-hydrogen) atoms. The molecule has 0 saturated heterocycles. The van der Waals surface area contributed by atoms with Gasteiger partial charge in [-0.2, -0.15) is 0 Å². The molecule has 0 aliphatic heterocycles. The molecular formula is C26H38O6. The zero-order valence-corrected chi connectivity index (χ0v) is 19.5. The van der Waals surface area contributed by atoms with Crippen molar-refractivity contribution in [1.82, 2.24) is 0 Å². The van der Waals surface area contributed by atoms with Crippen LogP contribution in [-0.2, 0) is 11.2 Å². The lowest BCUT2D eigenvalue weighted by Gasteiger charge is -2.67. The number of rotatable bonds is 4. The first kappa shape index (κ1) is 23.4. The van der Waals surface area contributed by atoms with E-state index in [1.807, 2.05) is 13.8 Å². The largest absolute Gasteiger partial charge is 0.508 e. The zero-order valence-electron chi connectivity index (χ0n) is 19.5. The summed E-state index contributed by atoms with van der Waals surface area (Å²) in [4.78, 5) is 12.3. The van der Waals surface area contributed by atoms with E-state index in [1.54, 1.807) is 6.07 Å². The molecule has 0 unspecified atom stereocenters. The Morgan fingerprint density at radius 3 is 2.38 bits per heavy atom. The van der Waals surface area contributed by atoms with Gasteiger partial charge >= 0.3 is 5.97 Å². The smallest absolute Gasteiger partial charge is 0.309 e. The molecule has 0 bridgehead atoms. The maximum absolute atomic E-state index is 12.3. The summed E-state index contributed by atoms with van der Waals surface area (Å²) in [5.74, 6) is -0.790. The summed E-state index contributed by atoms with van der Waals surface area (Å²) >= 11 is 0. The first-order chi connectivity index (χ1) is 14.9. The number of carboxylic acid groups (broad SMARTS) is 1. The Balaban J connectivity index is 1.78. The summed E-state index contributed by atoms with van der Waals surface area (Å²) in [6, 6.07) is 4.49. The summed E-state index contributed by atoms with van der Waals surface area (Å²) in [6.45, 7) is 5.87. The lowest BCUT2D eigenvalue weighted by atomic mass is 9.37. The topological polar surface area (TPSA) is 118 Å². The number of carboxylic acids is 1. The maximum atomic E-state index is 12.3. The van der Waals surface area contributed by atoms with Crippen molar-refractivity contribution >= 4 is 5.97 Å². The fraction of sp³-hybridized carbons (Fsp3) is 0.731. The number of phenolic OH excluding ortho intramolecular Hbond substituents is 2. The van der Waals surface area contributed by atoms with Gasteiger partial charge < -0.3 is 25.5 Å². The van der Waals surface area contributed by atoms with E-state index in [9.17, 15) is 30.3 Å². The first-order valence-corrected chi connectivity index (χ1v) is 12.0. The monoisotopic (exact) mass is 446 g/mol. The average Bonchev–Trinajstić information content (AvgIpc) is 2.72. The van der Waals surface area contributed by atoms with Gasteiger partial charge in [-0.25, -0.2) is 0 Å². The van der Waals surface area contributed by atoms with Crippen LogP contribution in [0.4, 0.5) is 0 Å². The van der Waals surface area contributed by atoms with Gasteiger partial charge in [0.15, 0.2) is 0 Å². The minimum absolute atomic E-state index is 0.0347. The normalized spacial score (nSPS) is 43.8. The summed E-state index contributed by atoms with van der Waals surface area (Å²) in [5, 5.41) is 52.8. The number of benzene rings is 1. The summed E-state index contributed by atoms with van der Waals surface area (Å²) < 4.78 is 0. The number of hydrogen-bond donors (Lipinski definition) is 5. The highest BCUT2D eigenvalue weighted by Crippen LogP contribution is 2.70. The summed E-state index contributed by atoms with van der Waals surface area (Å²) in [5.41, 5.74) is -2.00. The Morgan fingerprint density at radius 2 is 1.72 bits per heavy atom. The van der Waals surface area contributed by atoms with Gasteiger partial charge in [0.2, 0.25) is 0 Å². The van der Waals surface area contributed by atoms with Crippen LogP contribution in [0.5, 0.6) is 11.5 Å². The quantitative estimate of drug-likeness (QED) is 0.445. The second kappa shape index (κ2) is 7.63. The number of aromatic hydroxyl groups is 2. The molecule has 0 radical (unpaired) electrons. The van der Waals surface area contributed by atoms with Crippen LogP contribution in [0, 0.1) is 34.0 Å². The Kier molecular flexibility index (Phi) is 5.57. The van der Waals surface area contributed by atoms with E-state index >= 15 is 0 Å². The van der Waals surface area contributed by atoms with Crippen molar-refractivity contribution < 1.29 is 30.3 Å². The fourth-order valence-corrected chi connectivity index (χ4v) is 8.40. The predicted octanol–water partition coefficient (Wildman–Crippen LogP) is 4.09. The summed E-state index contributed by atoms with van der Waals surface area (Å²) in [7, 11) is 0. The van der Waals surface area contributed by atoms with E-state index in [1.165, 1.54) is 12.1 Å². The zero-order chi connectivity index (χ0) is 23.5. The molecule has 0 spiro atoms. The molecule has 4 rings (SSSR count). The van der Waals surface area contributed by atoms with Crippen LogP contribution in [0.25, 0.3) is 0 Å². The lowest BCUT2D eigenvalue weighted by Crippen LogP contribution is -2.65. The fourth-order valence-electron chi connectivity index (χ4n) is 8.40. The Hall–Kier alpha value is -1.79. The van der Waals surface area contributed by atoms with Crippen LogP contribution in [0.1, 0.15) is 71.3 Å². The van der Waals surface area contributed by atoms with Gasteiger partial charge in [0.05, 0.1) is 11.0 Å². The highest BCUT2D eigenvalue weighted by Gasteiger charge is 2.67. The molecule has 3 aliphatic rings. The van der Waals surface area contributed by atoms with Crippen molar-refractivity contribution in [1.29, 1.82) is 0 Å². The lowest BCUT2D eigenvalue weighted by molar-refractivity contribution is -0.230. The minimum Gasteiger partial charge on any atom is -0.508 e. The van der Waals surface area contributed by atoms with E-state index in [0.29, 0.717) is 31.2 Å². The maximum Gasteiger partial charge on any atom is 0.309 e. The van der Waals surface area contributed by atoms with Crippen molar-refractivity contribution in [3.05, 3.63) is 23.8 Å². The Bertz CT molecular complexity index is 896. The van der Waals surface area contributed by atoms with Gasteiger partial charge in [-0.3, -0.25) is 4.79 Å². The molecule has 3 fully saturated rings. The second-order valence-corrected chi connectivity index (χ2v) is 11.6. The van der Waals surface area contributed by atoms with Gasteiger partial charge in [0, 0.05) is 12.0 Å². The van der Waals surface area contributed by atoms with Crippen molar-refractivity contribution in [2.24, 2.45) is 34.0 Å². The van der Waals surface area contributed by atoms with Crippen molar-refractivity contribution in [3.63, 3.8) is 0 Å². The Morgan fingerprint density at radius 1 is 1.03 bits per heavy atom. The van der Waals surface area contributed by atoms with Crippen molar-refractivity contribution in [3.8, 4) is 11.5 Å². The Labute approximate surface area is 190 Å². The molecule has 5 N–H and O–H groups in total. The minimum atomic E-state index is -0.961. The number of fused-ring (bicyclic) bond motifs is 3. The van der Waals surface area contributed by atoms with Gasteiger partial charge in [-0.1, -0.05) is 13.3 Å². The van der Waals surface area contributed by atoms with Crippen molar-refractivity contribution in [2.75, 3.05) is 6.61 Å². The van der Waals surface area contributed by atoms with Crippen LogP contribution in [0.2, 0.25) is 0 Å². The van der Waals surface area contributed by atoms with Crippen LogP contribution in [0.3, 0.4) is 0 Å². The molecule has 0 heterocycles. The van der Waals surface area contributed by atoms with Gasteiger partial charge in [-0.15, -0.1) is 0 Å². The van der Waals surface area contributed by atoms with Gasteiger partial charge in [-0.05, 0) is 106 Å². The molecule has 1 aromatic rings. The molecule has 6 heteroatoms. The number of aliphatic carboxylic acids is 1. The predicted molar refractivity (Wildman–Crippen MR) is 120 cm³/mol. The van der Waals surface area contributed by atoms with E-state index in [-0.39, 0.29) is 41.3 Å². The summed E-state index contributed by atoms with van der Waals surface area (Å²) in [6.07, 6.45) is 5.43. The van der Waals surface area contributed by atoms with E-state index in [4.69, 9.17) is 0 Å². The second-order valence-electron chi connectivity index (χ2n) is 11.6. The van der Waals surface area contributed by atoms with Crippen LogP contribution >= 0.6 is 0 Å². The van der Waals surface area contributed by atoms with Gasteiger partial charge in [0.1, 0.15) is 11.5 Å². The van der Waals surface area contributed by atoms with Crippen LogP contribution in [0.15, 0.2) is 18.2 Å². The van der Waals surface area contributed by atoms with E-state index in [0.717, 1.165) is 25.7 Å². The molecule has 1 aromatic carbocycles. The van der Waals surface area contributed by atoms with Crippen molar-refractivity contribution in [2.45, 2.75) is 77.7 Å². The molecule has 6 nitrogen and oxygen atoms in total. The standard InChI is InChI=1S/C26H38O6/c1-23-11-7-20-24(2,22(30)31)9-4-10-26(20,15-27)19(23)8-12-25(3,32)21(23)14-16-13-17(28)5-6-18(16)29/h5-6,13,19-21,27-29,32H,4,7-12,14-15H2,1-3H3,(H,30,31)/t19-,20-,21-,23+,24-,25-,26-/m0/s1. The molecular weight excluding hydrogens is 408 g/mol. The number of aliphatic hydroxyl groups excluding tert-OH is 1. The highest BCUT2D eigenvalue weighted by molar-refractivity contribution is 5.75. The van der Waals surface area contributed by atoms with Crippen LogP contribution in [-0.4, -0.2) is 43.7 Å². The van der Waals surface area contributed by atoms with E-state index in [2.05, 4.69) is 6.92 Å². The molecule has 3 saturated carbocycles. The van der Waals surface area contributed by atoms with Crippen LogP contribution < -0.4 is 0 Å². The molecule has 7 atom stereocenters. The average molecular weight is 447 g/mol. The van der Waals surface area contributed by atoms with Gasteiger partial charge in [0.25, 0.3) is 0 Å². The number of hydrogen-bond acceptors (Lipinski definition) is 5. The van der Waals surface area contributed by atoms with E-state index < -0.39 is 22.4 Å². The highest BCUT2D eigenvalue weighted by atomic mass is 16.4. The SMILES string of the molecule is C[C@@]12CC[C@@H]3[C@](CO)(CCC[C@]3(C)C(=O)O)[C@H]1CC[C@](C)(O)[C@H]2Cc1cc(O)ccc1O. The number of carbonyl (C=O) groups is 1. The number of aliphatic hydroxyl groups is 2. The molecule has 178 valence electrons. The molecule has 0 amide bonds.